The molecule has 0 aliphatic rings. The molecule has 0 aromatic heterocycles. The van der Waals surface area contributed by atoms with Crippen LogP contribution in [-0.2, 0) is 20.1 Å². The Labute approximate surface area is 111 Å². The highest BCUT2D eigenvalue weighted by molar-refractivity contribution is 7.98. The van der Waals surface area contributed by atoms with E-state index in [1.165, 1.54) is 19.6 Å². The highest BCUT2D eigenvalue weighted by Gasteiger charge is 2.19. The lowest BCUT2D eigenvalue weighted by Gasteiger charge is -2.14. The third kappa shape index (κ3) is 5.23. The van der Waals surface area contributed by atoms with Gasteiger partial charge in [-0.2, -0.15) is 11.8 Å². The molecule has 0 aliphatic carbocycles. The van der Waals surface area contributed by atoms with Crippen molar-refractivity contribution in [2.24, 2.45) is 0 Å². The first-order chi connectivity index (χ1) is 8.63. The van der Waals surface area contributed by atoms with Crippen LogP contribution in [0.25, 0.3) is 0 Å². The molecule has 1 aromatic rings. The Kier molecular flexibility index (Phi) is 6.28. The molecule has 0 bridgehead atoms. The van der Waals surface area contributed by atoms with Crippen molar-refractivity contribution in [3.63, 3.8) is 0 Å². The molecule has 0 saturated heterocycles. The van der Waals surface area contributed by atoms with Crippen molar-refractivity contribution in [3.05, 3.63) is 35.9 Å². The Morgan fingerprint density at radius 1 is 1.33 bits per heavy atom. The van der Waals surface area contributed by atoms with Gasteiger partial charge in [0.1, 0.15) is 6.04 Å². The number of carbonyl (C=O) groups is 2. The average Bonchev–Trinajstić information content (AvgIpc) is 2.37. The van der Waals surface area contributed by atoms with Crippen LogP contribution in [0.3, 0.4) is 0 Å². The fourth-order valence-corrected chi connectivity index (χ4v) is 2.43. The van der Waals surface area contributed by atoms with Crippen molar-refractivity contribution >= 4 is 23.6 Å². The van der Waals surface area contributed by atoms with Gasteiger partial charge in [0.05, 0.1) is 7.11 Å². The molecule has 0 saturated carbocycles. The molecular weight excluding hydrogens is 250 g/mol. The van der Waals surface area contributed by atoms with Gasteiger partial charge in [0, 0.05) is 18.4 Å². The number of esters is 1. The van der Waals surface area contributed by atoms with E-state index >= 15 is 0 Å². The van der Waals surface area contributed by atoms with Crippen molar-refractivity contribution in [3.8, 4) is 0 Å². The molecule has 0 unspecified atom stereocenters. The molecule has 0 radical (unpaired) electrons. The van der Waals surface area contributed by atoms with Gasteiger partial charge >= 0.3 is 5.97 Å². The minimum atomic E-state index is -0.582. The summed E-state index contributed by atoms with van der Waals surface area (Å²) in [6.45, 7) is 1.39. The van der Waals surface area contributed by atoms with Gasteiger partial charge < -0.3 is 10.1 Å². The van der Waals surface area contributed by atoms with Crippen molar-refractivity contribution in [2.45, 2.75) is 18.7 Å². The van der Waals surface area contributed by atoms with Crippen molar-refractivity contribution in [2.75, 3.05) is 12.9 Å². The van der Waals surface area contributed by atoms with E-state index in [1.807, 2.05) is 30.3 Å². The van der Waals surface area contributed by atoms with Crippen molar-refractivity contribution in [1.82, 2.24) is 5.32 Å². The number of methoxy groups -OCH3 is 1. The number of amides is 1. The molecular formula is C13H17NO3S. The quantitative estimate of drug-likeness (QED) is 0.795. The zero-order valence-corrected chi connectivity index (χ0v) is 11.3. The van der Waals surface area contributed by atoms with Gasteiger partial charge in [-0.05, 0) is 5.56 Å². The van der Waals surface area contributed by atoms with E-state index in [9.17, 15) is 9.59 Å². The van der Waals surface area contributed by atoms with E-state index in [2.05, 4.69) is 10.1 Å². The molecule has 1 N–H and O–H groups in total. The summed E-state index contributed by atoms with van der Waals surface area (Å²) in [6.07, 6.45) is 0. The molecule has 0 heterocycles. The largest absolute Gasteiger partial charge is 0.467 e. The maximum atomic E-state index is 11.4. The van der Waals surface area contributed by atoms with Crippen LogP contribution < -0.4 is 5.32 Å². The molecule has 1 rings (SSSR count). The molecule has 0 aliphatic heterocycles. The van der Waals surface area contributed by atoms with Gasteiger partial charge in [0.2, 0.25) is 5.91 Å². The Bertz CT molecular complexity index is 394. The Morgan fingerprint density at radius 3 is 2.56 bits per heavy atom. The lowest BCUT2D eigenvalue weighted by atomic mass is 10.2. The van der Waals surface area contributed by atoms with Crippen LogP contribution in [0.1, 0.15) is 12.5 Å². The van der Waals surface area contributed by atoms with Crippen molar-refractivity contribution in [1.29, 1.82) is 0 Å². The van der Waals surface area contributed by atoms with Crippen LogP contribution in [0.2, 0.25) is 0 Å². The van der Waals surface area contributed by atoms with E-state index < -0.39 is 12.0 Å². The monoisotopic (exact) mass is 267 g/mol. The first-order valence-electron chi connectivity index (χ1n) is 5.60. The first-order valence-corrected chi connectivity index (χ1v) is 6.75. The topological polar surface area (TPSA) is 55.4 Å². The van der Waals surface area contributed by atoms with Crippen LogP contribution in [0.15, 0.2) is 30.3 Å². The number of nitrogens with one attached hydrogen (secondary N) is 1. The zero-order valence-electron chi connectivity index (χ0n) is 10.5. The minimum Gasteiger partial charge on any atom is -0.467 e. The fourth-order valence-electron chi connectivity index (χ4n) is 1.43. The second kappa shape index (κ2) is 7.76. The van der Waals surface area contributed by atoms with Gasteiger partial charge in [-0.1, -0.05) is 30.3 Å². The minimum absolute atomic E-state index is 0.231. The second-order valence-corrected chi connectivity index (χ2v) is 4.81. The van der Waals surface area contributed by atoms with Crippen LogP contribution in [0.5, 0.6) is 0 Å². The third-order valence-corrected chi connectivity index (χ3v) is 3.37. The normalized spacial score (nSPS) is 11.7. The lowest BCUT2D eigenvalue weighted by molar-refractivity contribution is -0.144. The zero-order chi connectivity index (χ0) is 13.4. The lowest BCUT2D eigenvalue weighted by Crippen LogP contribution is -2.42. The number of carbonyl (C=O) groups excluding carboxylic acids is 2. The van der Waals surface area contributed by atoms with Crippen LogP contribution in [-0.4, -0.2) is 30.8 Å². The summed E-state index contributed by atoms with van der Waals surface area (Å²) in [6, 6.07) is 9.38. The molecule has 98 valence electrons. The Morgan fingerprint density at radius 2 is 2.00 bits per heavy atom. The summed E-state index contributed by atoms with van der Waals surface area (Å²) in [4.78, 5) is 22.4. The van der Waals surface area contributed by atoms with E-state index in [-0.39, 0.29) is 5.91 Å². The highest BCUT2D eigenvalue weighted by Crippen LogP contribution is 2.13. The number of benzene rings is 1. The molecule has 1 atom stereocenters. The summed E-state index contributed by atoms with van der Waals surface area (Å²) < 4.78 is 4.65. The number of hydrogen-bond acceptors (Lipinski definition) is 4. The van der Waals surface area contributed by atoms with Crippen LogP contribution in [0, 0.1) is 0 Å². The maximum absolute atomic E-state index is 11.4. The summed E-state index contributed by atoms with van der Waals surface area (Å²) in [5, 5.41) is 2.58. The summed E-state index contributed by atoms with van der Waals surface area (Å²) >= 11 is 1.58. The van der Waals surface area contributed by atoms with Gasteiger partial charge in [0.15, 0.2) is 0 Å². The maximum Gasteiger partial charge on any atom is 0.329 e. The SMILES string of the molecule is COC(=O)[C@@H](CSCc1ccccc1)NC(C)=O. The third-order valence-electron chi connectivity index (χ3n) is 2.26. The number of hydrogen-bond donors (Lipinski definition) is 1. The van der Waals surface area contributed by atoms with Crippen LogP contribution >= 0.6 is 11.8 Å². The van der Waals surface area contributed by atoms with Gasteiger partial charge in [-0.15, -0.1) is 0 Å². The standard InChI is InChI=1S/C13H17NO3S/c1-10(15)14-12(13(16)17-2)9-18-8-11-6-4-3-5-7-11/h3-7,12H,8-9H2,1-2H3,(H,14,15)/t12-/m1/s1. The van der Waals surface area contributed by atoms with Gasteiger partial charge in [0.25, 0.3) is 0 Å². The van der Waals surface area contributed by atoms with Gasteiger partial charge in [-0.3, -0.25) is 4.79 Å². The summed E-state index contributed by atoms with van der Waals surface area (Å²) in [5.41, 5.74) is 1.19. The summed E-state index contributed by atoms with van der Waals surface area (Å²) in [5.74, 6) is 0.659. The van der Waals surface area contributed by atoms with E-state index in [1.54, 1.807) is 11.8 Å². The summed E-state index contributed by atoms with van der Waals surface area (Å²) in [7, 11) is 1.32. The Balaban J connectivity index is 2.42. The fraction of sp³-hybridized carbons (Fsp3) is 0.385. The van der Waals surface area contributed by atoms with E-state index in [0.717, 1.165) is 5.75 Å². The molecule has 1 amide bonds. The predicted octanol–water partition coefficient (Wildman–Crippen LogP) is 1.60. The molecule has 18 heavy (non-hydrogen) atoms. The number of rotatable bonds is 6. The Hall–Kier alpha value is -1.49. The second-order valence-electron chi connectivity index (χ2n) is 3.78. The highest BCUT2D eigenvalue weighted by atomic mass is 32.2. The average molecular weight is 267 g/mol. The van der Waals surface area contributed by atoms with Crippen LogP contribution in [0.4, 0.5) is 0 Å². The molecule has 1 aromatic carbocycles. The number of ether oxygens (including phenoxy) is 1. The van der Waals surface area contributed by atoms with Crippen molar-refractivity contribution < 1.29 is 14.3 Å². The van der Waals surface area contributed by atoms with E-state index in [4.69, 9.17) is 0 Å². The molecule has 0 spiro atoms. The molecule has 0 fully saturated rings. The smallest absolute Gasteiger partial charge is 0.329 e. The molecule has 5 heteroatoms. The van der Waals surface area contributed by atoms with E-state index in [0.29, 0.717) is 5.75 Å². The first kappa shape index (κ1) is 14.6. The predicted molar refractivity (Wildman–Crippen MR) is 72.2 cm³/mol. The molecule has 4 nitrogen and oxygen atoms in total. The number of thioether (sulfide) groups is 1. The van der Waals surface area contributed by atoms with Gasteiger partial charge in [-0.25, -0.2) is 4.79 Å².